The lowest BCUT2D eigenvalue weighted by Gasteiger charge is -2.41. The molecule has 1 aromatic heterocycles. The number of pyridine rings is 1. The van der Waals surface area contributed by atoms with E-state index in [-0.39, 0.29) is 61.6 Å². The van der Waals surface area contributed by atoms with E-state index in [1.165, 1.54) is 6.07 Å². The van der Waals surface area contributed by atoms with E-state index in [2.05, 4.69) is 20.5 Å². The first-order chi connectivity index (χ1) is 17.0. The average Bonchev–Trinajstić information content (AvgIpc) is 2.87. The van der Waals surface area contributed by atoms with Crippen LogP contribution in [0, 0.1) is 5.82 Å². The smallest absolute Gasteiger partial charge is 0.265 e. The van der Waals surface area contributed by atoms with Crippen molar-refractivity contribution in [3.8, 4) is 11.5 Å². The van der Waals surface area contributed by atoms with Crippen LogP contribution in [0.2, 0.25) is 0 Å². The van der Waals surface area contributed by atoms with Crippen molar-refractivity contribution in [1.29, 1.82) is 0 Å². The number of likely N-dealkylation sites (tertiary alicyclic amines) is 1. The maximum absolute atomic E-state index is 14.9. The molecule has 4 aliphatic heterocycles. The molecule has 0 aliphatic carbocycles. The zero-order chi connectivity index (χ0) is 23.9. The summed E-state index contributed by atoms with van der Waals surface area (Å²) in [6.07, 6.45) is 2.72. The zero-order valence-electron chi connectivity index (χ0n) is 20.2. The molecule has 0 bridgehead atoms. The maximum atomic E-state index is 14.9. The molecule has 2 amide bonds. The Balaban J connectivity index is 0.00000160. The predicted octanol–water partition coefficient (Wildman–Crippen LogP) is 2.86. The van der Waals surface area contributed by atoms with E-state index in [0.29, 0.717) is 47.7 Å². The first-order valence-corrected chi connectivity index (χ1v) is 12.2. The van der Waals surface area contributed by atoms with E-state index in [9.17, 15) is 14.0 Å². The van der Waals surface area contributed by atoms with Crippen LogP contribution in [0.15, 0.2) is 24.3 Å². The Bertz CT molecular complexity index is 1180. The number of piperidine rings is 1. The van der Waals surface area contributed by atoms with Crippen molar-refractivity contribution in [2.24, 2.45) is 0 Å². The Morgan fingerprint density at radius 3 is 2.57 bits per heavy atom. The quantitative estimate of drug-likeness (QED) is 0.587. The van der Waals surface area contributed by atoms with Gasteiger partial charge in [0, 0.05) is 37.2 Å². The van der Waals surface area contributed by atoms with Crippen LogP contribution in [0.25, 0.3) is 0 Å². The van der Waals surface area contributed by atoms with E-state index >= 15 is 0 Å². The van der Waals surface area contributed by atoms with E-state index in [1.54, 1.807) is 11.0 Å². The lowest BCUT2D eigenvalue weighted by molar-refractivity contribution is -0.121. The number of halogens is 3. The minimum absolute atomic E-state index is 0. The molecule has 4 aliphatic rings. The summed E-state index contributed by atoms with van der Waals surface area (Å²) in [6, 6.07) is 7.21. The number of ether oxygens (including phenoxy) is 2. The third kappa shape index (κ3) is 5.47. The number of fused-ring (bicyclic) bond motifs is 1. The number of benzene rings is 1. The molecule has 1 atom stereocenters. The first kappa shape index (κ1) is 27.4. The molecule has 1 fully saturated rings. The van der Waals surface area contributed by atoms with Crippen LogP contribution in [0.1, 0.15) is 36.4 Å². The molecule has 0 radical (unpaired) electrons. The third-order valence-corrected chi connectivity index (χ3v) is 7.33. The van der Waals surface area contributed by atoms with Gasteiger partial charge in [0.1, 0.15) is 11.6 Å². The summed E-state index contributed by atoms with van der Waals surface area (Å²) in [6.45, 7) is 3.88. The number of carbonyl (C=O) groups is 2. The summed E-state index contributed by atoms with van der Waals surface area (Å²) < 4.78 is 25.9. The van der Waals surface area contributed by atoms with Crippen LogP contribution in [0.4, 0.5) is 15.9 Å². The lowest BCUT2D eigenvalue weighted by atomic mass is 9.87. The molecule has 12 heteroatoms. The zero-order valence-corrected chi connectivity index (χ0v) is 21.8. The Labute approximate surface area is 226 Å². The molecule has 0 spiro atoms. The van der Waals surface area contributed by atoms with Gasteiger partial charge in [0.2, 0.25) is 0 Å². The van der Waals surface area contributed by atoms with Crippen molar-refractivity contribution in [2.45, 2.75) is 37.8 Å². The third-order valence-electron chi connectivity index (χ3n) is 7.33. The number of amides is 2. The van der Waals surface area contributed by atoms with Gasteiger partial charge < -0.3 is 29.9 Å². The van der Waals surface area contributed by atoms with E-state index < -0.39 is 0 Å². The van der Waals surface area contributed by atoms with Crippen molar-refractivity contribution in [3.63, 3.8) is 0 Å². The fourth-order valence-electron chi connectivity index (χ4n) is 5.52. The van der Waals surface area contributed by atoms with Crippen molar-refractivity contribution in [1.82, 2.24) is 15.2 Å². The van der Waals surface area contributed by atoms with Gasteiger partial charge in [-0.1, -0.05) is 0 Å². The number of nitrogens with one attached hydrogen (secondary N) is 2. The largest absolute Gasteiger partial charge is 0.482 e. The molecule has 5 heterocycles. The fourth-order valence-corrected chi connectivity index (χ4v) is 5.52. The highest BCUT2D eigenvalue weighted by Crippen LogP contribution is 2.45. The summed E-state index contributed by atoms with van der Waals surface area (Å²) in [7, 11) is 0. The molecular formula is C25H30Cl2FN5O4. The summed E-state index contributed by atoms with van der Waals surface area (Å²) in [5.41, 5.74) is 2.11. The molecule has 9 nitrogen and oxygen atoms in total. The van der Waals surface area contributed by atoms with Gasteiger partial charge in [-0.3, -0.25) is 9.59 Å². The topological polar surface area (TPSA) is 96.0 Å². The van der Waals surface area contributed by atoms with Crippen molar-refractivity contribution in [3.05, 3.63) is 41.3 Å². The standard InChI is InChI=1S/C25H28FN5O4.2ClH/c26-18-2-4-19-24-23(18)15(5-10-31(24)22(33)14-35-19)12-30-8-6-16(7-9-30)27-11-17-1-3-20-25(28-17)29-21(32)13-34-20;;/h1-4,15-16,27H,5-14H2,(H,28,29,32);2*1H. The van der Waals surface area contributed by atoms with Crippen molar-refractivity contribution < 1.29 is 23.5 Å². The Morgan fingerprint density at radius 1 is 1.00 bits per heavy atom. The van der Waals surface area contributed by atoms with Crippen LogP contribution >= 0.6 is 24.8 Å². The van der Waals surface area contributed by atoms with Crippen molar-refractivity contribution >= 4 is 48.1 Å². The van der Waals surface area contributed by atoms with Crippen LogP contribution in [0.5, 0.6) is 11.5 Å². The second kappa shape index (κ2) is 11.4. The highest BCUT2D eigenvalue weighted by molar-refractivity contribution is 5.99. The van der Waals surface area contributed by atoms with Gasteiger partial charge in [-0.05, 0) is 56.6 Å². The number of nitrogens with zero attached hydrogens (tertiary/aromatic N) is 3. The Hall–Kier alpha value is -2.66. The number of carbonyl (C=O) groups excluding carboxylic acids is 2. The predicted molar refractivity (Wildman–Crippen MR) is 141 cm³/mol. The van der Waals surface area contributed by atoms with Crippen LogP contribution < -0.4 is 25.0 Å². The highest BCUT2D eigenvalue weighted by Gasteiger charge is 2.37. The van der Waals surface area contributed by atoms with Gasteiger partial charge >= 0.3 is 0 Å². The highest BCUT2D eigenvalue weighted by atomic mass is 35.5. The normalized spacial score (nSPS) is 20.9. The molecular weight excluding hydrogens is 524 g/mol. The molecule has 1 aromatic carbocycles. The molecule has 2 N–H and O–H groups in total. The Morgan fingerprint density at radius 2 is 1.76 bits per heavy atom. The van der Waals surface area contributed by atoms with E-state index in [4.69, 9.17) is 9.47 Å². The summed E-state index contributed by atoms with van der Waals surface area (Å²) in [5.74, 6) is 1.17. The molecule has 200 valence electrons. The molecule has 37 heavy (non-hydrogen) atoms. The van der Waals surface area contributed by atoms with Crippen LogP contribution in [-0.2, 0) is 16.1 Å². The minimum Gasteiger partial charge on any atom is -0.482 e. The van der Waals surface area contributed by atoms with Gasteiger partial charge in [-0.25, -0.2) is 9.37 Å². The summed E-state index contributed by atoms with van der Waals surface area (Å²) in [4.78, 5) is 32.4. The molecule has 6 rings (SSSR count). The van der Waals surface area contributed by atoms with E-state index in [0.717, 1.165) is 44.6 Å². The van der Waals surface area contributed by atoms with E-state index in [1.807, 2.05) is 12.1 Å². The Kier molecular flexibility index (Phi) is 8.42. The second-order valence-electron chi connectivity index (χ2n) is 9.57. The second-order valence-corrected chi connectivity index (χ2v) is 9.57. The van der Waals surface area contributed by atoms with Gasteiger partial charge in [0.05, 0.1) is 11.4 Å². The average molecular weight is 554 g/mol. The summed E-state index contributed by atoms with van der Waals surface area (Å²) >= 11 is 0. The summed E-state index contributed by atoms with van der Waals surface area (Å²) in [5, 5.41) is 6.32. The molecule has 0 saturated carbocycles. The van der Waals surface area contributed by atoms with Crippen LogP contribution in [-0.4, -0.2) is 67.1 Å². The van der Waals surface area contributed by atoms with Crippen LogP contribution in [0.3, 0.4) is 0 Å². The number of hydrogen-bond donors (Lipinski definition) is 2. The number of aromatic nitrogens is 1. The number of rotatable bonds is 5. The van der Waals surface area contributed by atoms with Gasteiger partial charge in [0.15, 0.2) is 24.8 Å². The minimum atomic E-state index is -0.257. The maximum Gasteiger partial charge on any atom is 0.265 e. The molecule has 1 unspecified atom stereocenters. The molecule has 2 aromatic rings. The number of anilines is 2. The van der Waals surface area contributed by atoms with Gasteiger partial charge in [0.25, 0.3) is 11.8 Å². The van der Waals surface area contributed by atoms with Crippen molar-refractivity contribution in [2.75, 3.05) is 49.6 Å². The SMILES string of the molecule is Cl.Cl.O=C1COc2ccc(CNC3CCN(CC4CCN5C(=O)COc6ccc(F)c4c65)CC3)nc2N1. The fraction of sp³-hybridized carbons (Fsp3) is 0.480. The van der Waals surface area contributed by atoms with Gasteiger partial charge in [-0.15, -0.1) is 24.8 Å². The lowest BCUT2D eigenvalue weighted by Crippen LogP contribution is -2.46. The molecule has 1 saturated heterocycles. The number of hydrogen-bond acceptors (Lipinski definition) is 7. The van der Waals surface area contributed by atoms with Gasteiger partial charge in [-0.2, -0.15) is 0 Å². The monoisotopic (exact) mass is 553 g/mol. The first-order valence-electron chi connectivity index (χ1n) is 12.2.